The van der Waals surface area contributed by atoms with Crippen LogP contribution in [0.15, 0.2) is 71.6 Å². The molecule has 0 saturated heterocycles. The van der Waals surface area contributed by atoms with Crippen LogP contribution < -0.4 is 9.62 Å². The van der Waals surface area contributed by atoms with Crippen LogP contribution in [0.2, 0.25) is 15.1 Å². The lowest BCUT2D eigenvalue weighted by Crippen LogP contribution is -2.53. The molecular formula is C31H34Cl3N3O4S. The van der Waals surface area contributed by atoms with Crippen LogP contribution in [0.4, 0.5) is 5.69 Å². The highest BCUT2D eigenvalue weighted by Crippen LogP contribution is 2.28. The minimum absolute atomic E-state index is 0.0136. The molecule has 0 heterocycles. The molecule has 0 bridgehead atoms. The maximum atomic E-state index is 14.1. The molecule has 0 aliphatic heterocycles. The lowest BCUT2D eigenvalue weighted by Gasteiger charge is -2.33. The van der Waals surface area contributed by atoms with E-state index in [1.165, 1.54) is 29.2 Å². The summed E-state index contributed by atoms with van der Waals surface area (Å²) >= 11 is 18.4. The van der Waals surface area contributed by atoms with E-state index in [4.69, 9.17) is 34.8 Å². The highest BCUT2D eigenvalue weighted by molar-refractivity contribution is 7.92. The number of benzene rings is 3. The third kappa shape index (κ3) is 7.98. The van der Waals surface area contributed by atoms with Crippen LogP contribution in [0, 0.1) is 6.92 Å². The van der Waals surface area contributed by atoms with Crippen LogP contribution in [-0.2, 0) is 26.2 Å². The molecule has 2 amide bonds. The van der Waals surface area contributed by atoms with Crippen molar-refractivity contribution in [3.05, 3.63) is 92.9 Å². The molecule has 3 aromatic carbocycles. The summed E-state index contributed by atoms with van der Waals surface area (Å²) in [4.78, 5) is 28.9. The Balaban J connectivity index is 1.69. The molecule has 1 fully saturated rings. The molecule has 1 atom stereocenters. The molecule has 42 heavy (non-hydrogen) atoms. The molecule has 0 aromatic heterocycles. The van der Waals surface area contributed by atoms with E-state index < -0.39 is 28.5 Å². The number of anilines is 1. The lowest BCUT2D eigenvalue weighted by atomic mass is 9.95. The van der Waals surface area contributed by atoms with Crippen molar-refractivity contribution in [3.8, 4) is 0 Å². The maximum Gasteiger partial charge on any atom is 0.264 e. The minimum Gasteiger partial charge on any atom is -0.352 e. The largest absolute Gasteiger partial charge is 0.352 e. The minimum atomic E-state index is -4.18. The van der Waals surface area contributed by atoms with Crippen LogP contribution in [0.3, 0.4) is 0 Å². The van der Waals surface area contributed by atoms with Crippen molar-refractivity contribution >= 4 is 62.3 Å². The van der Waals surface area contributed by atoms with Crippen LogP contribution in [0.25, 0.3) is 0 Å². The van der Waals surface area contributed by atoms with Crippen LogP contribution in [0.1, 0.15) is 50.2 Å². The number of aryl methyl sites for hydroxylation is 1. The molecule has 1 aliphatic carbocycles. The first-order valence-electron chi connectivity index (χ1n) is 13.8. The van der Waals surface area contributed by atoms with E-state index in [0.717, 1.165) is 42.0 Å². The van der Waals surface area contributed by atoms with Gasteiger partial charge < -0.3 is 10.2 Å². The van der Waals surface area contributed by atoms with Crippen molar-refractivity contribution in [3.63, 3.8) is 0 Å². The molecule has 1 aliphatic rings. The van der Waals surface area contributed by atoms with Gasteiger partial charge in [-0.05, 0) is 86.3 Å². The van der Waals surface area contributed by atoms with Gasteiger partial charge in [-0.2, -0.15) is 0 Å². The summed E-state index contributed by atoms with van der Waals surface area (Å²) in [6.45, 7) is 2.99. The Morgan fingerprint density at radius 2 is 1.62 bits per heavy atom. The van der Waals surface area contributed by atoms with Gasteiger partial charge >= 0.3 is 0 Å². The highest BCUT2D eigenvalue weighted by Gasteiger charge is 2.33. The summed E-state index contributed by atoms with van der Waals surface area (Å²) in [5.74, 6) is -0.843. The average Bonchev–Trinajstić information content (AvgIpc) is 2.96. The second-order valence-corrected chi connectivity index (χ2v) is 13.7. The molecule has 1 N–H and O–H groups in total. The summed E-state index contributed by atoms with van der Waals surface area (Å²) in [6.07, 6.45) is 5.00. The normalized spacial score (nSPS) is 14.7. The van der Waals surface area contributed by atoms with Crippen molar-refractivity contribution in [2.75, 3.05) is 10.8 Å². The smallest absolute Gasteiger partial charge is 0.264 e. The lowest BCUT2D eigenvalue weighted by molar-refractivity contribution is -0.139. The zero-order valence-corrected chi connectivity index (χ0v) is 26.6. The monoisotopic (exact) mass is 649 g/mol. The first-order valence-corrected chi connectivity index (χ1v) is 16.4. The predicted molar refractivity (Wildman–Crippen MR) is 169 cm³/mol. The van der Waals surface area contributed by atoms with Gasteiger partial charge in [-0.3, -0.25) is 13.9 Å². The molecule has 224 valence electrons. The van der Waals surface area contributed by atoms with E-state index in [9.17, 15) is 18.0 Å². The third-order valence-electron chi connectivity index (χ3n) is 7.43. The first kappa shape index (κ1) is 32.1. The van der Waals surface area contributed by atoms with Crippen molar-refractivity contribution in [1.29, 1.82) is 0 Å². The van der Waals surface area contributed by atoms with Gasteiger partial charge in [0.2, 0.25) is 11.8 Å². The number of carbonyl (C=O) groups excluding carboxylic acids is 2. The topological polar surface area (TPSA) is 86.8 Å². The number of halogens is 3. The molecule has 0 unspecified atom stereocenters. The molecule has 0 spiro atoms. The van der Waals surface area contributed by atoms with E-state index in [-0.39, 0.29) is 23.4 Å². The van der Waals surface area contributed by atoms with Crippen LogP contribution in [-0.4, -0.2) is 43.8 Å². The Morgan fingerprint density at radius 3 is 2.26 bits per heavy atom. The Morgan fingerprint density at radius 1 is 0.929 bits per heavy atom. The van der Waals surface area contributed by atoms with Gasteiger partial charge in [-0.25, -0.2) is 8.42 Å². The van der Waals surface area contributed by atoms with Gasteiger partial charge in [0.15, 0.2) is 0 Å². The second kappa shape index (κ2) is 14.1. The number of rotatable bonds is 10. The van der Waals surface area contributed by atoms with E-state index in [2.05, 4.69) is 5.32 Å². The fourth-order valence-corrected chi connectivity index (χ4v) is 6.88. The molecule has 1 saturated carbocycles. The zero-order valence-electron chi connectivity index (χ0n) is 23.5. The second-order valence-electron chi connectivity index (χ2n) is 10.6. The maximum absolute atomic E-state index is 14.1. The van der Waals surface area contributed by atoms with Crippen molar-refractivity contribution in [1.82, 2.24) is 10.2 Å². The van der Waals surface area contributed by atoms with Gasteiger partial charge in [-0.1, -0.05) is 72.3 Å². The number of carbonyl (C=O) groups is 2. The fraction of sp³-hybridized carbons (Fsp3) is 0.355. The average molecular weight is 651 g/mol. The van der Waals surface area contributed by atoms with E-state index in [1.54, 1.807) is 43.3 Å². The Bertz CT molecular complexity index is 1530. The summed E-state index contributed by atoms with van der Waals surface area (Å²) in [5.41, 5.74) is 1.80. The third-order valence-corrected chi connectivity index (χ3v) is 10.2. The van der Waals surface area contributed by atoms with E-state index >= 15 is 0 Å². The molecular weight excluding hydrogens is 617 g/mol. The van der Waals surface area contributed by atoms with Gasteiger partial charge in [-0.15, -0.1) is 0 Å². The number of hydrogen-bond donors (Lipinski definition) is 1. The van der Waals surface area contributed by atoms with Gasteiger partial charge in [0, 0.05) is 17.6 Å². The number of amides is 2. The van der Waals surface area contributed by atoms with Gasteiger partial charge in [0.25, 0.3) is 10.0 Å². The van der Waals surface area contributed by atoms with Crippen LogP contribution >= 0.6 is 34.8 Å². The highest BCUT2D eigenvalue weighted by atomic mass is 35.5. The van der Waals surface area contributed by atoms with E-state index in [1.807, 2.05) is 13.0 Å². The molecule has 4 rings (SSSR count). The Hall–Kier alpha value is -2.78. The van der Waals surface area contributed by atoms with Gasteiger partial charge in [0.1, 0.15) is 12.6 Å². The van der Waals surface area contributed by atoms with Crippen LogP contribution in [0.5, 0.6) is 0 Å². The zero-order chi connectivity index (χ0) is 30.4. The summed E-state index contributed by atoms with van der Waals surface area (Å²) in [6, 6.07) is 16.8. The molecule has 7 nitrogen and oxygen atoms in total. The number of nitrogens with zero attached hydrogens (tertiary/aromatic N) is 2. The fourth-order valence-electron chi connectivity index (χ4n) is 5.03. The summed E-state index contributed by atoms with van der Waals surface area (Å²) in [7, 11) is -4.18. The number of nitrogens with one attached hydrogen (secondary N) is 1. The molecule has 3 aromatic rings. The van der Waals surface area contributed by atoms with Gasteiger partial charge in [0.05, 0.1) is 20.6 Å². The molecule has 11 heteroatoms. The summed E-state index contributed by atoms with van der Waals surface area (Å²) in [5, 5.41) is 4.15. The summed E-state index contributed by atoms with van der Waals surface area (Å²) < 4.78 is 28.9. The number of hydrogen-bond acceptors (Lipinski definition) is 4. The van der Waals surface area contributed by atoms with Crippen molar-refractivity contribution in [2.45, 2.75) is 69.5 Å². The van der Waals surface area contributed by atoms with Crippen molar-refractivity contribution in [2.24, 2.45) is 0 Å². The Labute approximate surface area is 262 Å². The Kier molecular flexibility index (Phi) is 10.8. The number of sulfonamides is 1. The quantitative estimate of drug-likeness (QED) is 0.256. The standard InChI is InChI=1S/C31H34Cl3N3O4S/c1-21-7-6-10-26(17-21)37(42(40,41)27-14-12-24(32)13-15-27)20-30(38)36(19-23-11-16-28(33)29(34)18-23)22(2)31(39)35-25-8-4-3-5-9-25/h6-7,10-18,22,25H,3-5,8-9,19-20H2,1-2H3,(H,35,39)/t22-/m0/s1. The van der Waals surface area contributed by atoms with E-state index in [0.29, 0.717) is 26.3 Å². The SMILES string of the molecule is Cc1cccc(N(CC(=O)N(Cc2ccc(Cl)c(Cl)c2)[C@@H](C)C(=O)NC2CCCCC2)S(=O)(=O)c2ccc(Cl)cc2)c1. The molecule has 0 radical (unpaired) electrons. The predicted octanol–water partition coefficient (Wildman–Crippen LogP) is 7.02. The first-order chi connectivity index (χ1) is 20.0. The van der Waals surface area contributed by atoms with Crippen molar-refractivity contribution < 1.29 is 18.0 Å².